The van der Waals surface area contributed by atoms with Gasteiger partial charge >= 0.3 is 6.18 Å². The second-order valence-corrected chi connectivity index (χ2v) is 6.52. The van der Waals surface area contributed by atoms with E-state index < -0.39 is 18.6 Å². The predicted octanol–water partition coefficient (Wildman–Crippen LogP) is 2.91. The molecule has 1 N–H and O–H groups in total. The SMILES string of the molecule is CCNC(=NCC(=O)N(C)CC(F)(F)F)N(C)Cc1cnn(-c2ccccc2)c1.I. The summed E-state index contributed by atoms with van der Waals surface area (Å²) in [6.45, 7) is 1.22. The molecule has 0 bridgehead atoms. The van der Waals surface area contributed by atoms with E-state index in [0.29, 0.717) is 23.9 Å². The molecule has 0 unspecified atom stereocenters. The van der Waals surface area contributed by atoms with E-state index in [9.17, 15) is 18.0 Å². The Bertz CT molecular complexity index is 825. The van der Waals surface area contributed by atoms with Crippen LogP contribution in [0.2, 0.25) is 0 Å². The summed E-state index contributed by atoms with van der Waals surface area (Å²) >= 11 is 0. The number of aromatic nitrogens is 2. The number of nitrogens with zero attached hydrogens (tertiary/aromatic N) is 5. The Morgan fingerprint density at radius 1 is 1.20 bits per heavy atom. The van der Waals surface area contributed by atoms with E-state index in [0.717, 1.165) is 18.3 Å². The Labute approximate surface area is 191 Å². The van der Waals surface area contributed by atoms with E-state index >= 15 is 0 Å². The van der Waals surface area contributed by atoms with E-state index in [4.69, 9.17) is 0 Å². The van der Waals surface area contributed by atoms with E-state index in [1.54, 1.807) is 22.8 Å². The third-order valence-corrected chi connectivity index (χ3v) is 3.98. The molecular weight excluding hydrogens is 512 g/mol. The number of likely N-dealkylation sites (N-methyl/N-ethyl adjacent to an activating group) is 1. The molecule has 7 nitrogen and oxygen atoms in total. The van der Waals surface area contributed by atoms with Crippen LogP contribution in [-0.2, 0) is 11.3 Å². The quantitative estimate of drug-likeness (QED) is 0.335. The molecule has 0 aliphatic rings. The Morgan fingerprint density at radius 2 is 1.87 bits per heavy atom. The van der Waals surface area contributed by atoms with Crippen LogP contribution in [0.25, 0.3) is 5.69 Å². The second kappa shape index (κ2) is 11.8. The van der Waals surface area contributed by atoms with Crippen LogP contribution in [0.1, 0.15) is 12.5 Å². The largest absolute Gasteiger partial charge is 0.406 e. The average Bonchev–Trinajstić information content (AvgIpc) is 3.12. The molecule has 0 aliphatic heterocycles. The van der Waals surface area contributed by atoms with Gasteiger partial charge in [-0.2, -0.15) is 18.3 Å². The minimum absolute atomic E-state index is 0. The monoisotopic (exact) mass is 538 g/mol. The lowest BCUT2D eigenvalue weighted by molar-refractivity contribution is -0.157. The number of para-hydroxylation sites is 1. The highest BCUT2D eigenvalue weighted by molar-refractivity contribution is 14.0. The number of nitrogens with one attached hydrogen (secondary N) is 1. The van der Waals surface area contributed by atoms with Crippen LogP contribution in [0.4, 0.5) is 13.2 Å². The molecule has 0 fully saturated rings. The maximum Gasteiger partial charge on any atom is 0.406 e. The summed E-state index contributed by atoms with van der Waals surface area (Å²) in [4.78, 5) is 18.5. The van der Waals surface area contributed by atoms with Gasteiger partial charge in [0.1, 0.15) is 13.1 Å². The van der Waals surface area contributed by atoms with Gasteiger partial charge in [0.25, 0.3) is 0 Å². The summed E-state index contributed by atoms with van der Waals surface area (Å²) in [5.74, 6) is -0.281. The van der Waals surface area contributed by atoms with Gasteiger partial charge in [-0.25, -0.2) is 9.67 Å². The molecule has 0 spiro atoms. The third kappa shape index (κ3) is 8.20. The first-order valence-electron chi connectivity index (χ1n) is 9.08. The highest BCUT2D eigenvalue weighted by Crippen LogP contribution is 2.15. The zero-order valence-corrected chi connectivity index (χ0v) is 19.4. The Kier molecular flexibility index (Phi) is 10.1. The maximum absolute atomic E-state index is 12.4. The van der Waals surface area contributed by atoms with E-state index in [2.05, 4.69) is 15.4 Å². The van der Waals surface area contributed by atoms with Crippen LogP contribution in [0.5, 0.6) is 0 Å². The van der Waals surface area contributed by atoms with Crippen LogP contribution < -0.4 is 5.32 Å². The number of carbonyl (C=O) groups is 1. The molecule has 166 valence electrons. The molecule has 1 aromatic heterocycles. The molecule has 1 amide bonds. The van der Waals surface area contributed by atoms with Gasteiger partial charge < -0.3 is 15.1 Å². The second-order valence-electron chi connectivity index (χ2n) is 6.52. The minimum atomic E-state index is -4.44. The van der Waals surface area contributed by atoms with E-state index in [1.807, 2.05) is 43.5 Å². The molecular formula is C19H26F3IN6O. The lowest BCUT2D eigenvalue weighted by Crippen LogP contribution is -2.40. The summed E-state index contributed by atoms with van der Waals surface area (Å²) in [6, 6.07) is 9.65. The van der Waals surface area contributed by atoms with Crippen molar-refractivity contribution in [3.63, 3.8) is 0 Å². The van der Waals surface area contributed by atoms with E-state index in [1.165, 1.54) is 0 Å². The first kappa shape index (κ1) is 25.7. The third-order valence-electron chi connectivity index (χ3n) is 3.98. The molecule has 1 aromatic carbocycles. The van der Waals surface area contributed by atoms with Gasteiger partial charge in [-0.3, -0.25) is 4.79 Å². The normalized spacial score (nSPS) is 11.6. The zero-order chi connectivity index (χ0) is 21.4. The molecule has 2 aromatic rings. The van der Waals surface area contributed by atoms with Gasteiger partial charge in [-0.05, 0) is 19.1 Å². The van der Waals surface area contributed by atoms with Crippen molar-refractivity contribution in [3.8, 4) is 5.69 Å². The highest BCUT2D eigenvalue weighted by atomic mass is 127. The molecule has 0 saturated heterocycles. The molecule has 1 heterocycles. The van der Waals surface area contributed by atoms with Crippen molar-refractivity contribution >= 4 is 35.8 Å². The summed E-state index contributed by atoms with van der Waals surface area (Å²) in [7, 11) is 2.89. The number of rotatable bonds is 7. The lowest BCUT2D eigenvalue weighted by atomic mass is 10.3. The summed E-state index contributed by atoms with van der Waals surface area (Å²) in [6.07, 6.45) is -0.818. The number of halogens is 4. The first-order chi connectivity index (χ1) is 13.7. The van der Waals surface area contributed by atoms with Crippen molar-refractivity contribution in [2.75, 3.05) is 33.7 Å². The Morgan fingerprint density at radius 3 is 2.47 bits per heavy atom. The topological polar surface area (TPSA) is 65.8 Å². The number of hydrogen-bond donors (Lipinski definition) is 1. The average molecular weight is 538 g/mol. The highest BCUT2D eigenvalue weighted by Gasteiger charge is 2.31. The standard InChI is InChI=1S/C19H25F3N6O.HI/c1-4-23-18(24-11-17(29)27(3)14-19(20,21)22)26(2)12-15-10-25-28(13-15)16-8-6-5-7-9-16;/h5-10,13H,4,11-12,14H2,1-3H3,(H,23,24);1H. The fourth-order valence-electron chi connectivity index (χ4n) is 2.60. The number of alkyl halides is 3. The minimum Gasteiger partial charge on any atom is -0.357 e. The van der Waals surface area contributed by atoms with Gasteiger partial charge in [0.05, 0.1) is 11.9 Å². The van der Waals surface area contributed by atoms with Crippen molar-refractivity contribution in [3.05, 3.63) is 48.3 Å². The first-order valence-corrected chi connectivity index (χ1v) is 9.08. The van der Waals surface area contributed by atoms with Crippen LogP contribution in [0, 0.1) is 0 Å². The fraction of sp³-hybridized carbons (Fsp3) is 0.421. The number of guanidine groups is 1. The molecule has 30 heavy (non-hydrogen) atoms. The van der Waals surface area contributed by atoms with Crippen LogP contribution >= 0.6 is 24.0 Å². The van der Waals surface area contributed by atoms with Crippen LogP contribution in [-0.4, -0.2) is 71.4 Å². The van der Waals surface area contributed by atoms with Gasteiger partial charge in [-0.1, -0.05) is 18.2 Å². The molecule has 0 saturated carbocycles. The van der Waals surface area contributed by atoms with Crippen molar-refractivity contribution in [1.82, 2.24) is 24.9 Å². The number of hydrogen-bond acceptors (Lipinski definition) is 3. The summed E-state index contributed by atoms with van der Waals surface area (Å²) < 4.78 is 39.0. The fourth-order valence-corrected chi connectivity index (χ4v) is 2.60. The van der Waals surface area contributed by atoms with Gasteiger partial charge in [0.2, 0.25) is 5.91 Å². The summed E-state index contributed by atoms with van der Waals surface area (Å²) in [5.41, 5.74) is 1.85. The Balaban J connectivity index is 0.00000450. The maximum atomic E-state index is 12.4. The smallest absolute Gasteiger partial charge is 0.357 e. The zero-order valence-electron chi connectivity index (χ0n) is 17.1. The molecule has 2 rings (SSSR count). The number of carbonyl (C=O) groups excluding carboxylic acids is 1. The van der Waals surface area contributed by atoms with Crippen molar-refractivity contribution in [2.24, 2.45) is 4.99 Å². The Hall–Kier alpha value is -2.31. The van der Waals surface area contributed by atoms with Crippen molar-refractivity contribution < 1.29 is 18.0 Å². The number of benzene rings is 1. The van der Waals surface area contributed by atoms with Gasteiger partial charge in [-0.15, -0.1) is 24.0 Å². The van der Waals surface area contributed by atoms with Gasteiger partial charge in [0.15, 0.2) is 5.96 Å². The summed E-state index contributed by atoms with van der Waals surface area (Å²) in [5, 5.41) is 7.38. The van der Waals surface area contributed by atoms with E-state index in [-0.39, 0.29) is 30.5 Å². The number of aliphatic imine (C=N–C) groups is 1. The lowest BCUT2D eigenvalue weighted by Gasteiger charge is -2.22. The molecule has 0 aliphatic carbocycles. The molecule has 0 atom stereocenters. The number of amides is 1. The predicted molar refractivity (Wildman–Crippen MR) is 120 cm³/mol. The van der Waals surface area contributed by atoms with Gasteiger partial charge in [0, 0.05) is 38.9 Å². The molecule has 11 heteroatoms. The molecule has 0 radical (unpaired) electrons. The van der Waals surface area contributed by atoms with Crippen LogP contribution in [0.3, 0.4) is 0 Å². The van der Waals surface area contributed by atoms with Crippen molar-refractivity contribution in [2.45, 2.75) is 19.6 Å². The van der Waals surface area contributed by atoms with Crippen LogP contribution in [0.15, 0.2) is 47.7 Å². The van der Waals surface area contributed by atoms with Crippen molar-refractivity contribution in [1.29, 1.82) is 0 Å².